The lowest BCUT2D eigenvalue weighted by Gasteiger charge is -2.44. The average Bonchev–Trinajstić information content (AvgIpc) is 2.81. The molecule has 0 N–H and O–H groups in total. The van der Waals surface area contributed by atoms with Gasteiger partial charge in [-0.3, -0.25) is 9.59 Å². The lowest BCUT2D eigenvalue weighted by Crippen LogP contribution is -2.64. The SMILES string of the molecule is COC(=O)C1(C(=O)OC)C(OC)C=CC12OCCCO2. The number of hydrogen-bond acceptors (Lipinski definition) is 7. The van der Waals surface area contributed by atoms with Crippen LogP contribution >= 0.6 is 0 Å². The van der Waals surface area contributed by atoms with Crippen LogP contribution in [0.5, 0.6) is 0 Å². The van der Waals surface area contributed by atoms with Crippen molar-refractivity contribution in [1.29, 1.82) is 0 Å². The molecule has 1 fully saturated rings. The maximum Gasteiger partial charge on any atom is 0.332 e. The Morgan fingerprint density at radius 1 is 1.10 bits per heavy atom. The zero-order valence-corrected chi connectivity index (χ0v) is 11.7. The van der Waals surface area contributed by atoms with Gasteiger partial charge < -0.3 is 23.7 Å². The lowest BCUT2D eigenvalue weighted by atomic mass is 9.77. The number of ether oxygens (including phenoxy) is 5. The maximum absolute atomic E-state index is 12.4. The third kappa shape index (κ3) is 1.77. The zero-order valence-electron chi connectivity index (χ0n) is 11.7. The Morgan fingerprint density at radius 2 is 1.65 bits per heavy atom. The molecule has 1 aliphatic carbocycles. The van der Waals surface area contributed by atoms with Gasteiger partial charge in [0.1, 0.15) is 6.10 Å². The normalized spacial score (nSPS) is 26.4. The summed E-state index contributed by atoms with van der Waals surface area (Å²) in [5, 5.41) is 0. The van der Waals surface area contributed by atoms with Gasteiger partial charge in [0.2, 0.25) is 5.79 Å². The smallest absolute Gasteiger partial charge is 0.332 e. The van der Waals surface area contributed by atoms with Gasteiger partial charge in [-0.1, -0.05) is 6.08 Å². The van der Waals surface area contributed by atoms with Gasteiger partial charge in [-0.15, -0.1) is 0 Å². The van der Waals surface area contributed by atoms with Gasteiger partial charge in [0, 0.05) is 7.11 Å². The number of carbonyl (C=O) groups excluding carboxylic acids is 2. The van der Waals surface area contributed by atoms with Crippen molar-refractivity contribution in [2.75, 3.05) is 34.5 Å². The molecule has 0 aromatic heterocycles. The van der Waals surface area contributed by atoms with Crippen molar-refractivity contribution in [2.45, 2.75) is 18.3 Å². The van der Waals surface area contributed by atoms with Gasteiger partial charge in [0.05, 0.1) is 27.4 Å². The second kappa shape index (κ2) is 5.51. The highest BCUT2D eigenvalue weighted by Crippen LogP contribution is 2.49. The van der Waals surface area contributed by atoms with Crippen molar-refractivity contribution in [2.24, 2.45) is 5.41 Å². The van der Waals surface area contributed by atoms with E-state index < -0.39 is 29.2 Å². The summed E-state index contributed by atoms with van der Waals surface area (Å²) >= 11 is 0. The second-order valence-electron chi connectivity index (χ2n) is 4.52. The van der Waals surface area contributed by atoms with Crippen molar-refractivity contribution < 1.29 is 33.3 Å². The number of hydrogen-bond donors (Lipinski definition) is 0. The molecular weight excluding hydrogens is 268 g/mol. The monoisotopic (exact) mass is 286 g/mol. The topological polar surface area (TPSA) is 80.3 Å². The third-order valence-electron chi connectivity index (χ3n) is 3.66. The van der Waals surface area contributed by atoms with E-state index in [0.717, 1.165) is 0 Å². The van der Waals surface area contributed by atoms with Gasteiger partial charge in [0.15, 0.2) is 0 Å². The van der Waals surface area contributed by atoms with Gasteiger partial charge in [-0.2, -0.15) is 0 Å². The first-order chi connectivity index (χ1) is 9.59. The molecule has 1 aliphatic heterocycles. The Balaban J connectivity index is 2.57. The zero-order chi connectivity index (χ0) is 14.8. The van der Waals surface area contributed by atoms with E-state index >= 15 is 0 Å². The lowest BCUT2D eigenvalue weighted by molar-refractivity contribution is -0.296. The molecule has 112 valence electrons. The summed E-state index contributed by atoms with van der Waals surface area (Å²) in [7, 11) is 3.76. The molecule has 0 radical (unpaired) electrons. The second-order valence-corrected chi connectivity index (χ2v) is 4.52. The first kappa shape index (κ1) is 15.0. The minimum Gasteiger partial charge on any atom is -0.468 e. The highest BCUT2D eigenvalue weighted by atomic mass is 16.7. The quantitative estimate of drug-likeness (QED) is 0.411. The van der Waals surface area contributed by atoms with E-state index in [-0.39, 0.29) is 0 Å². The summed E-state index contributed by atoms with van der Waals surface area (Å²) in [6.07, 6.45) is 2.86. The molecule has 0 amide bonds. The summed E-state index contributed by atoms with van der Waals surface area (Å²) in [6.45, 7) is 0.715. The molecule has 0 saturated carbocycles. The molecule has 1 spiro atoms. The summed E-state index contributed by atoms with van der Waals surface area (Å²) in [4.78, 5) is 24.8. The standard InChI is InChI=1S/C13H18O7/c1-16-9-5-6-12(19-7-4-8-20-12)13(9,10(14)17-2)11(15)18-3/h5-6,9H,4,7-8H2,1-3H3. The van der Waals surface area contributed by atoms with Gasteiger partial charge in [0.25, 0.3) is 5.41 Å². The fourth-order valence-corrected chi connectivity index (χ4v) is 2.74. The Morgan fingerprint density at radius 3 is 2.10 bits per heavy atom. The Bertz CT molecular complexity index is 406. The summed E-state index contributed by atoms with van der Waals surface area (Å²) in [5.41, 5.74) is -1.86. The van der Waals surface area contributed by atoms with Crippen LogP contribution in [0.15, 0.2) is 12.2 Å². The predicted molar refractivity (Wildman–Crippen MR) is 65.7 cm³/mol. The van der Waals surface area contributed by atoms with Gasteiger partial charge in [-0.25, -0.2) is 0 Å². The molecule has 1 atom stereocenters. The van der Waals surface area contributed by atoms with Crippen LogP contribution in [-0.4, -0.2) is 58.4 Å². The minimum absolute atomic E-state index is 0.358. The van der Waals surface area contributed by atoms with Gasteiger partial charge >= 0.3 is 11.9 Å². The molecule has 7 nitrogen and oxygen atoms in total. The molecule has 0 aromatic rings. The Labute approximate surface area is 116 Å². The van der Waals surface area contributed by atoms with E-state index in [2.05, 4.69) is 0 Å². The van der Waals surface area contributed by atoms with E-state index in [0.29, 0.717) is 19.6 Å². The highest BCUT2D eigenvalue weighted by molar-refractivity contribution is 6.03. The van der Waals surface area contributed by atoms with E-state index in [1.165, 1.54) is 27.4 Å². The molecule has 1 unspecified atom stereocenters. The van der Waals surface area contributed by atoms with E-state index in [1.54, 1.807) is 6.08 Å². The van der Waals surface area contributed by atoms with Crippen LogP contribution in [0.4, 0.5) is 0 Å². The fraction of sp³-hybridized carbons (Fsp3) is 0.692. The highest BCUT2D eigenvalue weighted by Gasteiger charge is 2.72. The van der Waals surface area contributed by atoms with Crippen molar-refractivity contribution in [3.63, 3.8) is 0 Å². The summed E-state index contributed by atoms with van der Waals surface area (Å²) < 4.78 is 26.1. The van der Waals surface area contributed by atoms with E-state index in [1.807, 2.05) is 0 Å². The van der Waals surface area contributed by atoms with Crippen molar-refractivity contribution in [1.82, 2.24) is 0 Å². The molecule has 0 bridgehead atoms. The first-order valence-corrected chi connectivity index (χ1v) is 6.26. The predicted octanol–water partition coefficient (Wildman–Crippen LogP) is 0.0368. The summed E-state index contributed by atoms with van der Waals surface area (Å²) in [6, 6.07) is 0. The largest absolute Gasteiger partial charge is 0.468 e. The van der Waals surface area contributed by atoms with Crippen LogP contribution in [-0.2, 0) is 33.3 Å². The van der Waals surface area contributed by atoms with Crippen LogP contribution in [0, 0.1) is 5.41 Å². The van der Waals surface area contributed by atoms with Crippen molar-refractivity contribution >= 4 is 11.9 Å². The Kier molecular flexibility index (Phi) is 4.12. The van der Waals surface area contributed by atoms with Crippen molar-refractivity contribution in [3.8, 4) is 0 Å². The molecule has 1 saturated heterocycles. The third-order valence-corrected chi connectivity index (χ3v) is 3.66. The van der Waals surface area contributed by atoms with Crippen LogP contribution in [0.3, 0.4) is 0 Å². The minimum atomic E-state index is -1.86. The number of rotatable bonds is 3. The van der Waals surface area contributed by atoms with Crippen LogP contribution in [0.25, 0.3) is 0 Å². The first-order valence-electron chi connectivity index (χ1n) is 6.26. The van der Waals surface area contributed by atoms with Crippen LogP contribution < -0.4 is 0 Å². The molecular formula is C13H18O7. The van der Waals surface area contributed by atoms with Crippen LogP contribution in [0.2, 0.25) is 0 Å². The Hall–Kier alpha value is -1.44. The van der Waals surface area contributed by atoms with Crippen molar-refractivity contribution in [3.05, 3.63) is 12.2 Å². The molecule has 2 rings (SSSR count). The number of esters is 2. The number of methoxy groups -OCH3 is 3. The van der Waals surface area contributed by atoms with Gasteiger partial charge in [-0.05, 0) is 12.5 Å². The molecule has 7 heteroatoms. The molecule has 2 aliphatic rings. The average molecular weight is 286 g/mol. The molecule has 1 heterocycles. The molecule has 0 aromatic carbocycles. The fourth-order valence-electron chi connectivity index (χ4n) is 2.74. The molecule has 20 heavy (non-hydrogen) atoms. The van der Waals surface area contributed by atoms with Crippen LogP contribution in [0.1, 0.15) is 6.42 Å². The van der Waals surface area contributed by atoms with E-state index in [9.17, 15) is 9.59 Å². The van der Waals surface area contributed by atoms with E-state index in [4.69, 9.17) is 23.7 Å². The number of carbonyl (C=O) groups is 2. The maximum atomic E-state index is 12.4. The summed E-state index contributed by atoms with van der Waals surface area (Å²) in [5.74, 6) is -3.18.